The fourth-order valence-electron chi connectivity index (χ4n) is 2.88. The van der Waals surface area contributed by atoms with Crippen LogP contribution in [0.3, 0.4) is 0 Å². The number of carboxylic acid groups (broad SMARTS) is 1. The fourth-order valence-corrected chi connectivity index (χ4v) is 2.88. The smallest absolute Gasteiger partial charge is 0.337 e. The molecule has 0 aliphatic heterocycles. The molecular weight excluding hydrogens is 392 g/mol. The predicted octanol–water partition coefficient (Wildman–Crippen LogP) is 3.75. The number of H-pyrrole nitrogens is 1. The van der Waals surface area contributed by atoms with Crippen LogP contribution in [0, 0.1) is 6.92 Å². The molecule has 3 rings (SSSR count). The standard InChI is InChI=1S/C18H19F2N5O2.ClH/c1-8(21)15-11(18(26)27)6-13(24-15)10-4-3-5-12-16(10)25-17(9(2)23-12)22-7-14(19)20;/h3-6,8,14,24H,7,21H2,1-2H3,(H,22,25)(H,26,27);1H. The first-order chi connectivity index (χ1) is 12.8. The summed E-state index contributed by atoms with van der Waals surface area (Å²) < 4.78 is 25.1. The number of aromatic carboxylic acids is 1. The van der Waals surface area contributed by atoms with Gasteiger partial charge in [0.25, 0.3) is 6.43 Å². The Hall–Kier alpha value is -2.78. The van der Waals surface area contributed by atoms with Crippen molar-refractivity contribution in [3.63, 3.8) is 0 Å². The molecule has 7 nitrogen and oxygen atoms in total. The Morgan fingerprint density at radius 3 is 2.64 bits per heavy atom. The molecule has 0 spiro atoms. The van der Waals surface area contributed by atoms with E-state index in [0.717, 1.165) is 0 Å². The summed E-state index contributed by atoms with van der Waals surface area (Å²) in [6, 6.07) is 6.26. The van der Waals surface area contributed by atoms with Gasteiger partial charge in [-0.05, 0) is 26.0 Å². The maximum Gasteiger partial charge on any atom is 0.337 e. The number of aromatic amines is 1. The summed E-state index contributed by atoms with van der Waals surface area (Å²) in [6.07, 6.45) is -2.52. The lowest BCUT2D eigenvalue weighted by Crippen LogP contribution is -2.13. The Kier molecular flexibility index (Phi) is 6.52. The molecule has 5 N–H and O–H groups in total. The van der Waals surface area contributed by atoms with Gasteiger partial charge in [0.1, 0.15) is 11.3 Å². The highest BCUT2D eigenvalue weighted by atomic mass is 35.5. The van der Waals surface area contributed by atoms with Gasteiger partial charge in [-0.2, -0.15) is 0 Å². The number of nitrogens with zero attached hydrogens (tertiary/aromatic N) is 2. The Morgan fingerprint density at radius 2 is 2.07 bits per heavy atom. The van der Waals surface area contributed by atoms with Gasteiger partial charge in [0, 0.05) is 23.0 Å². The summed E-state index contributed by atoms with van der Waals surface area (Å²) in [5.74, 6) is -0.834. The SMILES string of the molecule is Cc1nc2cccc(-c3cc(C(=O)O)c(C(C)N)[nH]3)c2nc1NCC(F)F.Cl. The lowest BCUT2D eigenvalue weighted by Gasteiger charge is -2.11. The van der Waals surface area contributed by atoms with Gasteiger partial charge in [0.2, 0.25) is 0 Å². The van der Waals surface area contributed by atoms with E-state index in [2.05, 4.69) is 20.3 Å². The highest BCUT2D eigenvalue weighted by Gasteiger charge is 2.20. The zero-order valence-electron chi connectivity index (χ0n) is 15.2. The zero-order chi connectivity index (χ0) is 19.7. The molecule has 150 valence electrons. The molecular formula is C18H20ClF2N5O2. The number of carbonyl (C=O) groups is 1. The van der Waals surface area contributed by atoms with Gasteiger partial charge in [-0.15, -0.1) is 12.4 Å². The van der Waals surface area contributed by atoms with Crippen molar-refractivity contribution in [3.8, 4) is 11.3 Å². The topological polar surface area (TPSA) is 117 Å². The first kappa shape index (κ1) is 21.5. The Labute approximate surface area is 165 Å². The van der Waals surface area contributed by atoms with Gasteiger partial charge >= 0.3 is 5.97 Å². The number of fused-ring (bicyclic) bond motifs is 1. The molecule has 0 saturated carbocycles. The third-order valence-electron chi connectivity index (χ3n) is 4.12. The van der Waals surface area contributed by atoms with Crippen molar-refractivity contribution in [1.82, 2.24) is 15.0 Å². The number of halogens is 3. The molecule has 1 aromatic carbocycles. The minimum absolute atomic E-state index is 0. The van der Waals surface area contributed by atoms with Crippen LogP contribution in [0.4, 0.5) is 14.6 Å². The summed E-state index contributed by atoms with van der Waals surface area (Å²) in [4.78, 5) is 23.4. The Bertz CT molecular complexity index is 1010. The maximum atomic E-state index is 12.5. The zero-order valence-corrected chi connectivity index (χ0v) is 16.0. The number of nitrogens with one attached hydrogen (secondary N) is 2. The molecule has 2 aromatic heterocycles. The van der Waals surface area contributed by atoms with Crippen LogP contribution in [-0.2, 0) is 0 Å². The summed E-state index contributed by atoms with van der Waals surface area (Å²) >= 11 is 0. The van der Waals surface area contributed by atoms with Crippen LogP contribution < -0.4 is 11.1 Å². The van der Waals surface area contributed by atoms with Gasteiger partial charge < -0.3 is 21.1 Å². The highest BCUT2D eigenvalue weighted by molar-refractivity contribution is 5.95. The summed E-state index contributed by atoms with van der Waals surface area (Å²) in [5.41, 5.74) is 8.99. The second kappa shape index (κ2) is 8.49. The quantitative estimate of drug-likeness (QED) is 0.490. The highest BCUT2D eigenvalue weighted by Crippen LogP contribution is 2.30. The second-order valence-electron chi connectivity index (χ2n) is 6.21. The van der Waals surface area contributed by atoms with Crippen molar-refractivity contribution >= 4 is 35.2 Å². The average molecular weight is 412 g/mol. The van der Waals surface area contributed by atoms with Crippen molar-refractivity contribution in [2.24, 2.45) is 5.73 Å². The van der Waals surface area contributed by atoms with Crippen LogP contribution in [0.15, 0.2) is 24.3 Å². The van der Waals surface area contributed by atoms with Crippen molar-refractivity contribution in [1.29, 1.82) is 0 Å². The largest absolute Gasteiger partial charge is 0.478 e. The number of rotatable bonds is 6. The average Bonchev–Trinajstić information content (AvgIpc) is 3.05. The Morgan fingerprint density at radius 1 is 1.36 bits per heavy atom. The van der Waals surface area contributed by atoms with E-state index >= 15 is 0 Å². The lowest BCUT2D eigenvalue weighted by atomic mass is 10.1. The van der Waals surface area contributed by atoms with Crippen LogP contribution in [0.2, 0.25) is 0 Å². The number of para-hydroxylation sites is 1. The first-order valence-electron chi connectivity index (χ1n) is 8.29. The summed E-state index contributed by atoms with van der Waals surface area (Å²) in [5, 5.41) is 12.0. The molecule has 1 unspecified atom stereocenters. The number of benzene rings is 1. The molecule has 0 aliphatic rings. The van der Waals surface area contributed by atoms with E-state index in [0.29, 0.717) is 33.7 Å². The molecule has 2 heterocycles. The number of hydrogen-bond donors (Lipinski definition) is 4. The van der Waals surface area contributed by atoms with Crippen LogP contribution in [0.1, 0.15) is 34.7 Å². The van der Waals surface area contributed by atoms with Crippen LogP contribution in [0.5, 0.6) is 0 Å². The van der Waals surface area contributed by atoms with Crippen molar-refractivity contribution < 1.29 is 18.7 Å². The number of carboxylic acids is 1. The van der Waals surface area contributed by atoms with E-state index in [1.165, 1.54) is 6.07 Å². The van der Waals surface area contributed by atoms with Gasteiger partial charge in [-0.1, -0.05) is 12.1 Å². The minimum atomic E-state index is -2.52. The molecule has 10 heteroatoms. The third-order valence-corrected chi connectivity index (χ3v) is 4.12. The van der Waals surface area contributed by atoms with Crippen LogP contribution >= 0.6 is 12.4 Å². The van der Waals surface area contributed by atoms with Gasteiger partial charge in [-0.25, -0.2) is 23.5 Å². The normalized spacial score (nSPS) is 12.1. The van der Waals surface area contributed by atoms with E-state index in [4.69, 9.17) is 5.73 Å². The third kappa shape index (κ3) is 4.20. The van der Waals surface area contributed by atoms with Crippen molar-refractivity contribution in [2.45, 2.75) is 26.3 Å². The molecule has 0 aliphatic carbocycles. The maximum absolute atomic E-state index is 12.5. The molecule has 28 heavy (non-hydrogen) atoms. The molecule has 0 bridgehead atoms. The number of aromatic nitrogens is 3. The molecule has 0 amide bonds. The van der Waals surface area contributed by atoms with Crippen molar-refractivity contribution in [2.75, 3.05) is 11.9 Å². The van der Waals surface area contributed by atoms with E-state index in [-0.39, 0.29) is 23.8 Å². The summed E-state index contributed by atoms with van der Waals surface area (Å²) in [7, 11) is 0. The predicted molar refractivity (Wildman–Crippen MR) is 105 cm³/mol. The minimum Gasteiger partial charge on any atom is -0.478 e. The molecule has 1 atom stereocenters. The van der Waals surface area contributed by atoms with Gasteiger partial charge in [0.15, 0.2) is 0 Å². The van der Waals surface area contributed by atoms with E-state index in [1.54, 1.807) is 32.0 Å². The van der Waals surface area contributed by atoms with Crippen LogP contribution in [-0.4, -0.2) is 39.0 Å². The molecule has 0 saturated heterocycles. The molecule has 3 aromatic rings. The number of anilines is 1. The fraction of sp³-hybridized carbons (Fsp3) is 0.278. The monoisotopic (exact) mass is 411 g/mol. The summed E-state index contributed by atoms with van der Waals surface area (Å²) in [6.45, 7) is 2.82. The van der Waals surface area contributed by atoms with E-state index in [1.807, 2.05) is 0 Å². The van der Waals surface area contributed by atoms with E-state index < -0.39 is 25.0 Å². The number of nitrogens with two attached hydrogens (primary N) is 1. The second-order valence-corrected chi connectivity index (χ2v) is 6.21. The van der Waals surface area contributed by atoms with Crippen molar-refractivity contribution in [3.05, 3.63) is 41.2 Å². The van der Waals surface area contributed by atoms with Crippen LogP contribution in [0.25, 0.3) is 22.3 Å². The Balaban J connectivity index is 0.00000280. The van der Waals surface area contributed by atoms with Gasteiger partial charge in [-0.3, -0.25) is 0 Å². The number of hydrogen-bond acceptors (Lipinski definition) is 5. The van der Waals surface area contributed by atoms with Gasteiger partial charge in [0.05, 0.1) is 23.3 Å². The number of alkyl halides is 2. The van der Waals surface area contributed by atoms with E-state index in [9.17, 15) is 18.7 Å². The molecule has 0 fully saturated rings. The number of aryl methyl sites for hydroxylation is 1. The molecule has 0 radical (unpaired) electrons. The first-order valence-corrected chi connectivity index (χ1v) is 8.29. The lowest BCUT2D eigenvalue weighted by molar-refractivity contribution is 0.0695.